The van der Waals surface area contributed by atoms with Crippen LogP contribution in [0.2, 0.25) is 0 Å². The number of carboxylic acid groups (broad SMARTS) is 1. The van der Waals surface area contributed by atoms with Crippen LogP contribution in [-0.2, 0) is 9.59 Å². The Labute approximate surface area is 121 Å². The van der Waals surface area contributed by atoms with E-state index in [-0.39, 0.29) is 18.4 Å². The summed E-state index contributed by atoms with van der Waals surface area (Å²) in [5, 5.41) is 8.68. The molecule has 0 saturated carbocycles. The van der Waals surface area contributed by atoms with E-state index in [4.69, 9.17) is 5.11 Å². The molecule has 6 nitrogen and oxygen atoms in total. The summed E-state index contributed by atoms with van der Waals surface area (Å²) >= 11 is 0. The average Bonchev–Trinajstić information content (AvgIpc) is 2.37. The van der Waals surface area contributed by atoms with Crippen LogP contribution >= 0.6 is 0 Å². The molecule has 0 atom stereocenters. The first-order valence-electron chi connectivity index (χ1n) is 7.32. The predicted molar refractivity (Wildman–Crippen MR) is 77.7 cm³/mol. The number of piperazine rings is 1. The van der Waals surface area contributed by atoms with E-state index >= 15 is 0 Å². The molecular formula is C14H27N3O3. The summed E-state index contributed by atoms with van der Waals surface area (Å²) < 4.78 is 0. The highest BCUT2D eigenvalue weighted by Crippen LogP contribution is 2.05. The normalized spacial score (nSPS) is 16.9. The van der Waals surface area contributed by atoms with Gasteiger partial charge in [-0.05, 0) is 33.9 Å². The van der Waals surface area contributed by atoms with Crippen LogP contribution in [-0.4, -0.2) is 84.0 Å². The van der Waals surface area contributed by atoms with Crippen LogP contribution in [0.3, 0.4) is 0 Å². The molecule has 0 aromatic carbocycles. The van der Waals surface area contributed by atoms with Gasteiger partial charge in [-0.3, -0.25) is 14.5 Å². The minimum atomic E-state index is -0.779. The number of carbonyl (C=O) groups is 2. The molecule has 0 spiro atoms. The lowest BCUT2D eigenvalue weighted by atomic mass is 10.2. The number of amides is 1. The van der Waals surface area contributed by atoms with Gasteiger partial charge in [0.15, 0.2) is 0 Å². The maximum atomic E-state index is 12.3. The quantitative estimate of drug-likeness (QED) is 0.730. The summed E-state index contributed by atoms with van der Waals surface area (Å²) in [4.78, 5) is 29.0. The van der Waals surface area contributed by atoms with Crippen molar-refractivity contribution >= 4 is 11.9 Å². The number of carbonyl (C=O) groups excluding carboxylic acids is 1. The van der Waals surface area contributed by atoms with Gasteiger partial charge in [-0.15, -0.1) is 0 Å². The van der Waals surface area contributed by atoms with Gasteiger partial charge in [-0.2, -0.15) is 0 Å². The molecule has 20 heavy (non-hydrogen) atoms. The van der Waals surface area contributed by atoms with Gasteiger partial charge in [-0.25, -0.2) is 0 Å². The second kappa shape index (κ2) is 8.21. The van der Waals surface area contributed by atoms with Crippen LogP contribution in [0.5, 0.6) is 0 Å². The van der Waals surface area contributed by atoms with Crippen LogP contribution in [0.1, 0.15) is 26.7 Å². The molecule has 1 heterocycles. The summed E-state index contributed by atoms with van der Waals surface area (Å²) in [6.07, 6.45) is 0.745. The van der Waals surface area contributed by atoms with Gasteiger partial charge in [0.25, 0.3) is 0 Å². The molecule has 1 rings (SSSR count). The molecule has 1 aliphatic heterocycles. The average molecular weight is 285 g/mol. The second-order valence-electron chi connectivity index (χ2n) is 5.75. The van der Waals surface area contributed by atoms with Crippen molar-refractivity contribution in [2.75, 3.05) is 46.3 Å². The van der Waals surface area contributed by atoms with Crippen molar-refractivity contribution < 1.29 is 14.7 Å². The highest BCUT2D eigenvalue weighted by atomic mass is 16.4. The maximum absolute atomic E-state index is 12.3. The minimum absolute atomic E-state index is 0.155. The number of rotatable bonds is 7. The molecular weight excluding hydrogens is 258 g/mol. The van der Waals surface area contributed by atoms with E-state index in [1.54, 1.807) is 0 Å². The third-order valence-electron chi connectivity index (χ3n) is 3.76. The molecule has 1 saturated heterocycles. The van der Waals surface area contributed by atoms with Gasteiger partial charge in [0.05, 0.1) is 6.54 Å². The van der Waals surface area contributed by atoms with E-state index in [9.17, 15) is 9.59 Å². The molecule has 6 heteroatoms. The molecule has 0 unspecified atom stereocenters. The Hall–Kier alpha value is -1.14. The fourth-order valence-corrected chi connectivity index (χ4v) is 2.28. The lowest BCUT2D eigenvalue weighted by Crippen LogP contribution is -2.51. The second-order valence-corrected chi connectivity index (χ2v) is 5.75. The Morgan fingerprint density at radius 2 is 1.80 bits per heavy atom. The first-order chi connectivity index (χ1) is 9.40. The SMILES string of the molecule is CC(C)N(CCCC(=O)O)CC(=O)N1CCN(C)CC1. The van der Waals surface area contributed by atoms with Gasteiger partial charge in [-0.1, -0.05) is 0 Å². The topological polar surface area (TPSA) is 64.1 Å². The number of likely N-dealkylation sites (N-methyl/N-ethyl adjacent to an activating group) is 1. The molecule has 1 aliphatic rings. The zero-order chi connectivity index (χ0) is 15.1. The minimum Gasteiger partial charge on any atom is -0.481 e. The zero-order valence-corrected chi connectivity index (χ0v) is 12.8. The first-order valence-corrected chi connectivity index (χ1v) is 7.32. The zero-order valence-electron chi connectivity index (χ0n) is 12.8. The van der Waals surface area contributed by atoms with E-state index in [0.29, 0.717) is 19.5 Å². The Morgan fingerprint density at radius 3 is 2.30 bits per heavy atom. The Morgan fingerprint density at radius 1 is 1.20 bits per heavy atom. The standard InChI is InChI=1S/C14H27N3O3/c1-12(2)17(6-4-5-14(19)20)11-13(18)16-9-7-15(3)8-10-16/h12H,4-11H2,1-3H3,(H,19,20). The van der Waals surface area contributed by atoms with Gasteiger partial charge < -0.3 is 14.9 Å². The fraction of sp³-hybridized carbons (Fsp3) is 0.857. The Bertz CT molecular complexity index is 326. The molecule has 0 bridgehead atoms. The number of hydrogen-bond donors (Lipinski definition) is 1. The predicted octanol–water partition coefficient (Wildman–Crippen LogP) is 0.336. The third-order valence-corrected chi connectivity index (χ3v) is 3.76. The van der Waals surface area contributed by atoms with Gasteiger partial charge in [0, 0.05) is 38.6 Å². The monoisotopic (exact) mass is 285 g/mol. The van der Waals surface area contributed by atoms with Gasteiger partial charge in [0.2, 0.25) is 5.91 Å². The van der Waals surface area contributed by atoms with Gasteiger partial charge >= 0.3 is 5.97 Å². The van der Waals surface area contributed by atoms with Gasteiger partial charge in [0.1, 0.15) is 0 Å². The van der Waals surface area contributed by atoms with Crippen molar-refractivity contribution in [2.45, 2.75) is 32.7 Å². The van der Waals surface area contributed by atoms with Crippen molar-refractivity contribution in [1.29, 1.82) is 0 Å². The molecule has 0 aromatic heterocycles. The Kier molecular flexibility index (Phi) is 6.95. The van der Waals surface area contributed by atoms with Crippen LogP contribution in [0.4, 0.5) is 0 Å². The Balaban J connectivity index is 2.40. The van der Waals surface area contributed by atoms with Crippen molar-refractivity contribution in [3.05, 3.63) is 0 Å². The maximum Gasteiger partial charge on any atom is 0.303 e. The summed E-state index contributed by atoms with van der Waals surface area (Å²) in [6.45, 7) is 8.55. The van der Waals surface area contributed by atoms with Crippen molar-refractivity contribution in [2.24, 2.45) is 0 Å². The largest absolute Gasteiger partial charge is 0.481 e. The van der Waals surface area contributed by atoms with E-state index in [2.05, 4.69) is 16.8 Å². The summed E-state index contributed by atoms with van der Waals surface area (Å²) in [5.74, 6) is -0.624. The van der Waals surface area contributed by atoms with E-state index in [0.717, 1.165) is 26.2 Å². The smallest absolute Gasteiger partial charge is 0.303 e. The number of carboxylic acids is 1. The lowest BCUT2D eigenvalue weighted by molar-refractivity contribution is -0.137. The van der Waals surface area contributed by atoms with E-state index < -0.39 is 5.97 Å². The molecule has 1 N–H and O–H groups in total. The van der Waals surface area contributed by atoms with E-state index in [1.807, 2.05) is 18.7 Å². The lowest BCUT2D eigenvalue weighted by Gasteiger charge is -2.34. The summed E-state index contributed by atoms with van der Waals surface area (Å²) in [5.41, 5.74) is 0. The molecule has 1 fully saturated rings. The van der Waals surface area contributed by atoms with Crippen molar-refractivity contribution in [1.82, 2.24) is 14.7 Å². The number of aliphatic carboxylic acids is 1. The number of hydrogen-bond acceptors (Lipinski definition) is 4. The summed E-state index contributed by atoms with van der Waals surface area (Å²) in [6, 6.07) is 0.250. The number of nitrogens with zero attached hydrogens (tertiary/aromatic N) is 3. The highest BCUT2D eigenvalue weighted by Gasteiger charge is 2.22. The third kappa shape index (κ3) is 5.88. The van der Waals surface area contributed by atoms with Crippen LogP contribution in [0.15, 0.2) is 0 Å². The van der Waals surface area contributed by atoms with Crippen molar-refractivity contribution in [3.8, 4) is 0 Å². The molecule has 116 valence electrons. The molecule has 0 radical (unpaired) electrons. The van der Waals surface area contributed by atoms with Crippen molar-refractivity contribution in [3.63, 3.8) is 0 Å². The molecule has 0 aliphatic carbocycles. The molecule has 0 aromatic rings. The summed E-state index contributed by atoms with van der Waals surface area (Å²) in [7, 11) is 2.06. The van der Waals surface area contributed by atoms with Crippen LogP contribution in [0.25, 0.3) is 0 Å². The van der Waals surface area contributed by atoms with E-state index in [1.165, 1.54) is 0 Å². The first kappa shape index (κ1) is 16.9. The van der Waals surface area contributed by atoms with Crippen LogP contribution in [0, 0.1) is 0 Å². The molecule has 1 amide bonds. The fourth-order valence-electron chi connectivity index (χ4n) is 2.28. The van der Waals surface area contributed by atoms with Crippen LogP contribution < -0.4 is 0 Å². The highest BCUT2D eigenvalue weighted by molar-refractivity contribution is 5.78.